The monoisotopic (exact) mass is 443 g/mol. The lowest BCUT2D eigenvalue weighted by atomic mass is 9.91. The van der Waals surface area contributed by atoms with Crippen molar-refractivity contribution in [1.82, 2.24) is 9.99 Å². The van der Waals surface area contributed by atoms with Gasteiger partial charge in [0.05, 0.1) is 28.1 Å². The van der Waals surface area contributed by atoms with Gasteiger partial charge in [0.2, 0.25) is 0 Å². The number of imide groups is 1. The van der Waals surface area contributed by atoms with E-state index in [-0.39, 0.29) is 16.4 Å². The molecule has 1 fully saturated rings. The lowest BCUT2D eigenvalue weighted by Crippen LogP contribution is -2.37. The number of hydrazine groups is 1. The van der Waals surface area contributed by atoms with E-state index in [1.165, 1.54) is 0 Å². The largest absolute Gasteiger partial charge is 0.418 e. The van der Waals surface area contributed by atoms with Crippen molar-refractivity contribution in [2.45, 2.75) is 32.9 Å². The molecule has 2 heterocycles. The fourth-order valence-electron chi connectivity index (χ4n) is 3.54. The molecule has 1 aliphatic heterocycles. The van der Waals surface area contributed by atoms with Crippen LogP contribution in [-0.4, -0.2) is 21.8 Å². The minimum atomic E-state index is -4.73. The molecule has 3 rings (SSSR count). The Bertz CT molecular complexity index is 975. The number of hydrogen-bond acceptors (Lipinski definition) is 4. The van der Waals surface area contributed by atoms with Gasteiger partial charge in [0.15, 0.2) is 0 Å². The highest BCUT2D eigenvalue weighted by Crippen LogP contribution is 2.38. The van der Waals surface area contributed by atoms with Crippen molar-refractivity contribution in [2.24, 2.45) is 11.8 Å². The Morgan fingerprint density at radius 1 is 1.07 bits per heavy atom. The molecule has 30 heavy (non-hydrogen) atoms. The highest BCUT2D eigenvalue weighted by molar-refractivity contribution is 6.31. The zero-order valence-corrected chi connectivity index (χ0v) is 16.8. The zero-order chi connectivity index (χ0) is 22.2. The summed E-state index contributed by atoms with van der Waals surface area (Å²) < 4.78 is 53.9. The Morgan fingerprint density at radius 2 is 1.67 bits per heavy atom. The normalized spacial score (nSPS) is 19.5. The van der Waals surface area contributed by atoms with E-state index >= 15 is 0 Å². The van der Waals surface area contributed by atoms with E-state index in [9.17, 15) is 27.2 Å². The summed E-state index contributed by atoms with van der Waals surface area (Å²) in [5, 5.41) is 0.446. The fraction of sp³-hybridized carbons (Fsp3) is 0.350. The highest BCUT2D eigenvalue weighted by Gasteiger charge is 2.46. The van der Waals surface area contributed by atoms with Crippen LogP contribution in [-0.2, 0) is 15.8 Å². The first-order valence-electron chi connectivity index (χ1n) is 9.26. The molecule has 2 unspecified atom stereocenters. The van der Waals surface area contributed by atoms with E-state index in [2.05, 4.69) is 10.4 Å². The maximum absolute atomic E-state index is 13.5. The van der Waals surface area contributed by atoms with E-state index in [0.717, 1.165) is 35.3 Å². The number of benzene rings is 1. The minimum Gasteiger partial charge on any atom is -0.272 e. The molecular weight excluding hydrogens is 426 g/mol. The Labute approximate surface area is 175 Å². The van der Waals surface area contributed by atoms with Crippen molar-refractivity contribution in [3.63, 3.8) is 0 Å². The van der Waals surface area contributed by atoms with Gasteiger partial charge in [-0.3, -0.25) is 15.0 Å². The van der Waals surface area contributed by atoms with Crippen LogP contribution in [0.1, 0.15) is 32.3 Å². The van der Waals surface area contributed by atoms with Crippen molar-refractivity contribution in [3.05, 3.63) is 46.7 Å². The van der Waals surface area contributed by atoms with Crippen LogP contribution in [0.2, 0.25) is 5.02 Å². The first-order valence-corrected chi connectivity index (χ1v) is 9.64. The Hall–Kier alpha value is -2.68. The molecule has 0 saturated carbocycles. The first kappa shape index (κ1) is 22.0. The summed E-state index contributed by atoms with van der Waals surface area (Å²) in [6.07, 6.45) is -3.82. The summed E-state index contributed by atoms with van der Waals surface area (Å²) >= 11 is 5.71. The van der Waals surface area contributed by atoms with Gasteiger partial charge in [-0.05, 0) is 43.2 Å². The SMILES string of the molecule is CCC1C(=O)N(Nc2ccc(C(F)(F)F)c(-c3ccc(F)c(Cl)c3)n2)C(=O)C1CC. The number of amides is 2. The number of aromatic nitrogens is 1. The number of nitrogens with zero attached hydrogens (tertiary/aromatic N) is 2. The summed E-state index contributed by atoms with van der Waals surface area (Å²) in [6.45, 7) is 3.57. The van der Waals surface area contributed by atoms with Gasteiger partial charge in [0.25, 0.3) is 11.8 Å². The summed E-state index contributed by atoms with van der Waals surface area (Å²) in [5.74, 6) is -2.83. The third kappa shape index (κ3) is 3.98. The highest BCUT2D eigenvalue weighted by atomic mass is 35.5. The quantitative estimate of drug-likeness (QED) is 0.502. The number of hydrogen-bond donors (Lipinski definition) is 1. The van der Waals surface area contributed by atoms with E-state index in [0.29, 0.717) is 12.8 Å². The predicted octanol–water partition coefficient (Wildman–Crippen LogP) is 5.31. The molecule has 10 heteroatoms. The van der Waals surface area contributed by atoms with Crippen LogP contribution in [0.4, 0.5) is 23.4 Å². The van der Waals surface area contributed by atoms with E-state index < -0.39 is 46.9 Å². The van der Waals surface area contributed by atoms with Crippen LogP contribution in [0.3, 0.4) is 0 Å². The van der Waals surface area contributed by atoms with Crippen LogP contribution in [0, 0.1) is 17.7 Å². The number of nitrogens with one attached hydrogen (secondary N) is 1. The van der Waals surface area contributed by atoms with Gasteiger partial charge in [-0.25, -0.2) is 9.37 Å². The number of halogens is 5. The number of alkyl halides is 3. The van der Waals surface area contributed by atoms with Gasteiger partial charge >= 0.3 is 6.18 Å². The molecule has 2 aromatic rings. The zero-order valence-electron chi connectivity index (χ0n) is 16.1. The average Bonchev–Trinajstić information content (AvgIpc) is 2.92. The Balaban J connectivity index is 2.02. The molecule has 2 atom stereocenters. The topological polar surface area (TPSA) is 62.3 Å². The predicted molar refractivity (Wildman–Crippen MR) is 103 cm³/mol. The molecule has 0 aliphatic carbocycles. The second-order valence-corrected chi connectivity index (χ2v) is 7.28. The third-order valence-corrected chi connectivity index (χ3v) is 5.35. The summed E-state index contributed by atoms with van der Waals surface area (Å²) in [7, 11) is 0. The molecule has 0 bridgehead atoms. The van der Waals surface area contributed by atoms with Crippen molar-refractivity contribution >= 4 is 29.2 Å². The number of rotatable bonds is 5. The van der Waals surface area contributed by atoms with Gasteiger partial charge in [0.1, 0.15) is 11.6 Å². The van der Waals surface area contributed by atoms with Crippen LogP contribution in [0.5, 0.6) is 0 Å². The minimum absolute atomic E-state index is 0.0608. The second-order valence-electron chi connectivity index (χ2n) is 6.87. The maximum atomic E-state index is 13.5. The van der Waals surface area contributed by atoms with Crippen LogP contribution < -0.4 is 5.43 Å². The Kier molecular flexibility index (Phi) is 6.03. The molecule has 1 aromatic carbocycles. The number of pyridine rings is 1. The second kappa shape index (κ2) is 8.22. The number of carbonyl (C=O) groups excluding carboxylic acids is 2. The summed E-state index contributed by atoms with van der Waals surface area (Å²) in [5.41, 5.74) is 0.903. The van der Waals surface area contributed by atoms with Crippen molar-refractivity contribution < 1.29 is 27.2 Å². The maximum Gasteiger partial charge on any atom is 0.418 e. The standard InChI is InChI=1S/C20H18ClF4N3O2/c1-3-11-12(4-2)19(30)28(18(11)29)27-16-8-6-13(20(23,24)25)17(26-16)10-5-7-15(22)14(21)9-10/h5-9,11-12H,3-4H2,1-2H3,(H,26,27). The molecule has 1 aliphatic rings. The van der Waals surface area contributed by atoms with Crippen LogP contribution in [0.15, 0.2) is 30.3 Å². The molecule has 1 aromatic heterocycles. The van der Waals surface area contributed by atoms with Gasteiger partial charge in [-0.2, -0.15) is 18.2 Å². The summed E-state index contributed by atoms with van der Waals surface area (Å²) in [4.78, 5) is 29.1. The molecule has 1 N–H and O–H groups in total. The van der Waals surface area contributed by atoms with E-state index in [4.69, 9.17) is 11.6 Å². The van der Waals surface area contributed by atoms with Gasteiger partial charge in [-0.1, -0.05) is 25.4 Å². The molecule has 1 saturated heterocycles. The molecule has 0 spiro atoms. The first-order chi connectivity index (χ1) is 14.1. The van der Waals surface area contributed by atoms with Crippen molar-refractivity contribution in [1.29, 1.82) is 0 Å². The summed E-state index contributed by atoms with van der Waals surface area (Å²) in [6, 6.07) is 4.89. The molecule has 160 valence electrons. The van der Waals surface area contributed by atoms with Gasteiger partial charge in [0, 0.05) is 5.56 Å². The lowest BCUT2D eigenvalue weighted by molar-refractivity contribution is -0.139. The lowest BCUT2D eigenvalue weighted by Gasteiger charge is -2.19. The Morgan fingerprint density at radius 3 is 2.17 bits per heavy atom. The van der Waals surface area contributed by atoms with Gasteiger partial charge in [-0.15, -0.1) is 0 Å². The van der Waals surface area contributed by atoms with E-state index in [1.807, 2.05) is 0 Å². The van der Waals surface area contributed by atoms with Gasteiger partial charge < -0.3 is 0 Å². The third-order valence-electron chi connectivity index (χ3n) is 5.06. The van der Waals surface area contributed by atoms with Crippen LogP contribution in [0.25, 0.3) is 11.3 Å². The van der Waals surface area contributed by atoms with Crippen molar-refractivity contribution in [2.75, 3.05) is 5.43 Å². The fourth-order valence-corrected chi connectivity index (χ4v) is 3.72. The van der Waals surface area contributed by atoms with Crippen molar-refractivity contribution in [3.8, 4) is 11.3 Å². The molecule has 0 radical (unpaired) electrons. The smallest absolute Gasteiger partial charge is 0.272 e. The average molecular weight is 444 g/mol. The number of carbonyl (C=O) groups is 2. The number of anilines is 1. The van der Waals surface area contributed by atoms with E-state index in [1.54, 1.807) is 13.8 Å². The molecule has 2 amide bonds. The molecular formula is C20H18ClF4N3O2. The van der Waals surface area contributed by atoms with Crippen LogP contribution >= 0.6 is 11.6 Å². The molecule has 5 nitrogen and oxygen atoms in total.